The van der Waals surface area contributed by atoms with Crippen LogP contribution in [-0.4, -0.2) is 29.6 Å². The van der Waals surface area contributed by atoms with Gasteiger partial charge in [-0.1, -0.05) is 6.07 Å². The van der Waals surface area contributed by atoms with Crippen LogP contribution >= 0.6 is 0 Å². The zero-order chi connectivity index (χ0) is 13.4. The van der Waals surface area contributed by atoms with Crippen LogP contribution in [0.25, 0.3) is 0 Å². The molecule has 0 heterocycles. The third kappa shape index (κ3) is 3.30. The molecule has 0 radical (unpaired) electrons. The van der Waals surface area contributed by atoms with Gasteiger partial charge in [0.25, 0.3) is 0 Å². The second-order valence-corrected chi connectivity index (χ2v) is 8.32. The molecule has 0 aromatic heterocycles. The van der Waals surface area contributed by atoms with Gasteiger partial charge in [-0.25, -0.2) is 21.6 Å². The minimum absolute atomic E-state index is 0.00826. The molecule has 0 spiro atoms. The zero-order valence-electron chi connectivity index (χ0n) is 9.96. The molecule has 0 amide bonds. The molecule has 1 N–H and O–H groups in total. The Kier molecular flexibility index (Phi) is 3.48. The van der Waals surface area contributed by atoms with Crippen LogP contribution in [0.15, 0.2) is 34.1 Å². The number of benzene rings is 1. The van der Waals surface area contributed by atoms with E-state index in [4.69, 9.17) is 0 Å². The summed E-state index contributed by atoms with van der Waals surface area (Å²) in [7, 11) is -7.01. The lowest BCUT2D eigenvalue weighted by atomic mass is 10.4. The molecule has 1 aliphatic rings. The van der Waals surface area contributed by atoms with Gasteiger partial charge in [-0.3, -0.25) is 0 Å². The average molecular weight is 289 g/mol. The van der Waals surface area contributed by atoms with Gasteiger partial charge in [0.15, 0.2) is 9.84 Å². The number of rotatable bonds is 5. The Hall–Kier alpha value is -0.920. The predicted molar refractivity (Wildman–Crippen MR) is 67.5 cm³/mol. The van der Waals surface area contributed by atoms with Gasteiger partial charge in [0, 0.05) is 12.8 Å². The number of sulfonamides is 1. The normalized spacial score (nSPS) is 16.7. The van der Waals surface area contributed by atoms with Crippen molar-refractivity contribution < 1.29 is 16.8 Å². The highest BCUT2D eigenvalue weighted by atomic mass is 32.2. The maximum Gasteiger partial charge on any atom is 0.240 e. The first kappa shape index (κ1) is 13.5. The standard InChI is InChI=1S/C11H15NO4S2/c1-17(13,14)10-3-2-4-11(7-10)18(15,16)12-8-9-5-6-9/h2-4,7,9,12H,5-6,8H2,1H3. The summed E-state index contributed by atoms with van der Waals surface area (Å²) in [6.07, 6.45) is 3.15. The number of hydrogen-bond donors (Lipinski definition) is 1. The van der Waals surface area contributed by atoms with E-state index in [-0.39, 0.29) is 9.79 Å². The monoisotopic (exact) mass is 289 g/mol. The Morgan fingerprint density at radius 3 is 2.33 bits per heavy atom. The maximum absolute atomic E-state index is 11.9. The van der Waals surface area contributed by atoms with Gasteiger partial charge < -0.3 is 0 Å². The molecular formula is C11H15NO4S2. The largest absolute Gasteiger partial charge is 0.240 e. The minimum atomic E-state index is -3.61. The molecule has 0 atom stereocenters. The van der Waals surface area contributed by atoms with Crippen LogP contribution in [0.4, 0.5) is 0 Å². The third-order valence-corrected chi connectivity index (χ3v) is 5.33. The van der Waals surface area contributed by atoms with Crippen molar-refractivity contribution in [1.82, 2.24) is 4.72 Å². The molecule has 1 aliphatic carbocycles. The Morgan fingerprint density at radius 1 is 1.17 bits per heavy atom. The van der Waals surface area contributed by atoms with Crippen molar-refractivity contribution in [3.8, 4) is 0 Å². The Balaban J connectivity index is 2.26. The van der Waals surface area contributed by atoms with Crippen LogP contribution in [-0.2, 0) is 19.9 Å². The fraction of sp³-hybridized carbons (Fsp3) is 0.455. The van der Waals surface area contributed by atoms with Crippen molar-refractivity contribution in [1.29, 1.82) is 0 Å². The van der Waals surface area contributed by atoms with E-state index in [1.165, 1.54) is 24.3 Å². The van der Waals surface area contributed by atoms with Gasteiger partial charge in [0.05, 0.1) is 9.79 Å². The van der Waals surface area contributed by atoms with Crippen molar-refractivity contribution in [3.05, 3.63) is 24.3 Å². The minimum Gasteiger partial charge on any atom is -0.224 e. The first-order valence-corrected chi connectivity index (χ1v) is 8.96. The van der Waals surface area contributed by atoms with E-state index < -0.39 is 19.9 Å². The summed E-state index contributed by atoms with van der Waals surface area (Å²) in [5, 5.41) is 0. The lowest BCUT2D eigenvalue weighted by Crippen LogP contribution is -2.26. The van der Waals surface area contributed by atoms with E-state index in [0.717, 1.165) is 19.1 Å². The molecule has 0 saturated heterocycles. The number of nitrogens with one attached hydrogen (secondary N) is 1. The van der Waals surface area contributed by atoms with E-state index in [9.17, 15) is 16.8 Å². The Morgan fingerprint density at radius 2 is 1.78 bits per heavy atom. The van der Waals surface area contributed by atoms with Crippen LogP contribution < -0.4 is 4.72 Å². The van der Waals surface area contributed by atoms with Crippen molar-refractivity contribution >= 4 is 19.9 Å². The number of sulfone groups is 1. The van der Waals surface area contributed by atoms with E-state index in [0.29, 0.717) is 12.5 Å². The van der Waals surface area contributed by atoms with Gasteiger partial charge in [-0.2, -0.15) is 0 Å². The summed E-state index contributed by atoms with van der Waals surface area (Å²) >= 11 is 0. The SMILES string of the molecule is CS(=O)(=O)c1cccc(S(=O)(=O)NCC2CC2)c1. The first-order chi connectivity index (χ1) is 8.29. The molecule has 0 aliphatic heterocycles. The Labute approximate surface area is 107 Å². The van der Waals surface area contributed by atoms with Crippen molar-refractivity contribution in [3.63, 3.8) is 0 Å². The van der Waals surface area contributed by atoms with Gasteiger partial charge in [-0.15, -0.1) is 0 Å². The second-order valence-electron chi connectivity index (χ2n) is 4.54. The molecule has 18 heavy (non-hydrogen) atoms. The first-order valence-electron chi connectivity index (χ1n) is 5.59. The van der Waals surface area contributed by atoms with Gasteiger partial charge in [0.2, 0.25) is 10.0 Å². The molecular weight excluding hydrogens is 274 g/mol. The maximum atomic E-state index is 11.9. The molecule has 1 saturated carbocycles. The third-order valence-electron chi connectivity index (χ3n) is 2.80. The molecule has 7 heteroatoms. The highest BCUT2D eigenvalue weighted by molar-refractivity contribution is 7.91. The zero-order valence-corrected chi connectivity index (χ0v) is 11.6. The highest BCUT2D eigenvalue weighted by Gasteiger charge is 2.24. The fourth-order valence-electron chi connectivity index (χ4n) is 1.50. The van der Waals surface area contributed by atoms with E-state index in [2.05, 4.69) is 4.72 Å². The van der Waals surface area contributed by atoms with E-state index >= 15 is 0 Å². The molecule has 2 rings (SSSR count). The van der Waals surface area contributed by atoms with Gasteiger partial charge in [-0.05, 0) is 37.0 Å². The predicted octanol–water partition coefficient (Wildman–Crippen LogP) is 0.778. The number of hydrogen-bond acceptors (Lipinski definition) is 4. The highest BCUT2D eigenvalue weighted by Crippen LogP contribution is 2.28. The fourth-order valence-corrected chi connectivity index (χ4v) is 3.41. The molecule has 0 bridgehead atoms. The molecule has 1 aromatic rings. The van der Waals surface area contributed by atoms with Crippen LogP contribution in [0.3, 0.4) is 0 Å². The Bertz CT molecular complexity index is 645. The summed E-state index contributed by atoms with van der Waals surface area (Å²) in [6.45, 7) is 0.422. The average Bonchev–Trinajstić information content (AvgIpc) is 3.09. The van der Waals surface area contributed by atoms with Gasteiger partial charge in [0.1, 0.15) is 0 Å². The molecule has 1 aromatic carbocycles. The van der Waals surface area contributed by atoms with Gasteiger partial charge >= 0.3 is 0 Å². The summed E-state index contributed by atoms with van der Waals surface area (Å²) in [5.41, 5.74) is 0. The second kappa shape index (κ2) is 4.64. The lowest BCUT2D eigenvalue weighted by molar-refractivity contribution is 0.577. The van der Waals surface area contributed by atoms with Crippen molar-refractivity contribution in [2.75, 3.05) is 12.8 Å². The van der Waals surface area contributed by atoms with E-state index in [1.54, 1.807) is 0 Å². The van der Waals surface area contributed by atoms with E-state index in [1.807, 2.05) is 0 Å². The summed E-state index contributed by atoms with van der Waals surface area (Å²) < 4.78 is 49.1. The molecule has 100 valence electrons. The van der Waals surface area contributed by atoms with Crippen LogP contribution in [0, 0.1) is 5.92 Å². The van der Waals surface area contributed by atoms with Crippen molar-refractivity contribution in [2.24, 2.45) is 5.92 Å². The lowest BCUT2D eigenvalue weighted by Gasteiger charge is -2.07. The molecule has 0 unspecified atom stereocenters. The van der Waals surface area contributed by atoms with Crippen molar-refractivity contribution in [2.45, 2.75) is 22.6 Å². The topological polar surface area (TPSA) is 80.3 Å². The van der Waals surface area contributed by atoms with Crippen LogP contribution in [0.5, 0.6) is 0 Å². The summed E-state index contributed by atoms with van der Waals surface area (Å²) in [4.78, 5) is 0.00266. The summed E-state index contributed by atoms with van der Waals surface area (Å²) in [6, 6.07) is 5.39. The van der Waals surface area contributed by atoms with Crippen LogP contribution in [0.2, 0.25) is 0 Å². The molecule has 5 nitrogen and oxygen atoms in total. The summed E-state index contributed by atoms with van der Waals surface area (Å²) in [5.74, 6) is 0.429. The molecule has 1 fully saturated rings. The smallest absolute Gasteiger partial charge is 0.224 e. The quantitative estimate of drug-likeness (QED) is 0.868. The van der Waals surface area contributed by atoms with Crippen LogP contribution in [0.1, 0.15) is 12.8 Å².